The van der Waals surface area contributed by atoms with Gasteiger partial charge in [0.2, 0.25) is 0 Å². The molecule has 20 heavy (non-hydrogen) atoms. The third-order valence-electron chi connectivity index (χ3n) is 4.46. The van der Waals surface area contributed by atoms with Crippen LogP contribution in [-0.2, 0) is 12.1 Å². The molecule has 0 amide bonds. The zero-order valence-electron chi connectivity index (χ0n) is 13.1. The molecule has 5 nitrogen and oxygen atoms in total. The van der Waals surface area contributed by atoms with Gasteiger partial charge in [-0.1, -0.05) is 19.8 Å². The van der Waals surface area contributed by atoms with Gasteiger partial charge in [-0.2, -0.15) is 5.10 Å². The molecule has 114 valence electrons. The third kappa shape index (κ3) is 2.83. The van der Waals surface area contributed by atoms with Crippen LogP contribution in [-0.4, -0.2) is 47.5 Å². The van der Waals surface area contributed by atoms with E-state index in [-0.39, 0.29) is 5.92 Å². The number of rotatable bonds is 5. The van der Waals surface area contributed by atoms with Crippen LogP contribution in [0.1, 0.15) is 38.3 Å². The van der Waals surface area contributed by atoms with Gasteiger partial charge in [-0.15, -0.1) is 0 Å². The molecule has 2 atom stereocenters. The molecule has 0 radical (unpaired) electrons. The maximum absolute atomic E-state index is 11.2. The van der Waals surface area contributed by atoms with Gasteiger partial charge in [-0.05, 0) is 32.9 Å². The predicted octanol–water partition coefficient (Wildman–Crippen LogP) is 1.85. The first-order valence-corrected chi connectivity index (χ1v) is 7.46. The summed E-state index contributed by atoms with van der Waals surface area (Å²) < 4.78 is 7.36. The molecule has 1 fully saturated rings. The second kappa shape index (κ2) is 6.14. The number of hydrogen-bond donors (Lipinski definition) is 1. The zero-order valence-corrected chi connectivity index (χ0v) is 13.1. The first-order chi connectivity index (χ1) is 9.49. The fourth-order valence-electron chi connectivity index (χ4n) is 3.10. The summed E-state index contributed by atoms with van der Waals surface area (Å²) in [7, 11) is 5.73. The molecule has 1 aromatic heterocycles. The van der Waals surface area contributed by atoms with Crippen molar-refractivity contribution in [1.82, 2.24) is 14.7 Å². The second-order valence-electron chi connectivity index (χ2n) is 6.16. The fraction of sp³-hybridized carbons (Fsp3) is 0.800. The van der Waals surface area contributed by atoms with E-state index in [1.807, 2.05) is 18.8 Å². The van der Waals surface area contributed by atoms with Crippen LogP contribution >= 0.6 is 0 Å². The van der Waals surface area contributed by atoms with Crippen molar-refractivity contribution in [3.8, 4) is 5.75 Å². The lowest BCUT2D eigenvalue weighted by Gasteiger charge is -2.38. The van der Waals surface area contributed by atoms with Gasteiger partial charge in [-0.3, -0.25) is 4.68 Å². The number of nitrogens with zero attached hydrogens (tertiary/aromatic N) is 3. The van der Waals surface area contributed by atoms with Gasteiger partial charge < -0.3 is 14.7 Å². The molecule has 1 aromatic rings. The molecule has 1 heterocycles. The Hall–Kier alpha value is -1.07. The van der Waals surface area contributed by atoms with Gasteiger partial charge in [0.15, 0.2) is 5.75 Å². The molecule has 1 aliphatic carbocycles. The maximum Gasteiger partial charge on any atom is 0.162 e. The highest BCUT2D eigenvalue weighted by Crippen LogP contribution is 2.44. The molecule has 1 saturated carbocycles. The van der Waals surface area contributed by atoms with E-state index >= 15 is 0 Å². The van der Waals surface area contributed by atoms with E-state index in [4.69, 9.17) is 4.74 Å². The van der Waals surface area contributed by atoms with Gasteiger partial charge >= 0.3 is 0 Å². The lowest BCUT2D eigenvalue weighted by atomic mass is 9.74. The maximum atomic E-state index is 11.2. The van der Waals surface area contributed by atoms with Crippen molar-refractivity contribution in [2.45, 2.75) is 44.8 Å². The van der Waals surface area contributed by atoms with Crippen LogP contribution in [0, 0.1) is 5.92 Å². The van der Waals surface area contributed by atoms with E-state index in [2.05, 4.69) is 16.9 Å². The molecule has 2 rings (SSSR count). The normalized spacial score (nSPS) is 27.0. The average Bonchev–Trinajstić information content (AvgIpc) is 2.83. The summed E-state index contributed by atoms with van der Waals surface area (Å²) >= 11 is 0. The Balaban J connectivity index is 2.34. The van der Waals surface area contributed by atoms with Crippen molar-refractivity contribution < 1.29 is 9.84 Å². The monoisotopic (exact) mass is 281 g/mol. The Labute approximate surface area is 121 Å². The molecule has 0 aromatic carbocycles. The Morgan fingerprint density at radius 3 is 2.85 bits per heavy atom. The first kappa shape index (κ1) is 15.3. The van der Waals surface area contributed by atoms with Crippen LogP contribution in [0.2, 0.25) is 0 Å². The molecule has 0 saturated heterocycles. The predicted molar refractivity (Wildman–Crippen MR) is 78.9 cm³/mol. The summed E-state index contributed by atoms with van der Waals surface area (Å²) in [6.07, 6.45) is 5.82. The molecule has 0 aliphatic heterocycles. The Kier molecular flexibility index (Phi) is 4.70. The van der Waals surface area contributed by atoms with Crippen molar-refractivity contribution >= 4 is 0 Å². The second-order valence-corrected chi connectivity index (χ2v) is 6.16. The van der Waals surface area contributed by atoms with Crippen LogP contribution in [0.25, 0.3) is 0 Å². The summed E-state index contributed by atoms with van der Waals surface area (Å²) in [6.45, 7) is 3.78. The Morgan fingerprint density at radius 2 is 2.25 bits per heavy atom. The minimum Gasteiger partial charge on any atom is -0.493 e. The van der Waals surface area contributed by atoms with Crippen LogP contribution < -0.4 is 4.74 Å². The summed E-state index contributed by atoms with van der Waals surface area (Å²) in [4.78, 5) is 2.12. The number of methoxy groups -OCH3 is 1. The van der Waals surface area contributed by atoms with E-state index in [1.165, 1.54) is 6.42 Å². The van der Waals surface area contributed by atoms with Gasteiger partial charge in [0.25, 0.3) is 0 Å². The Morgan fingerprint density at radius 1 is 1.50 bits per heavy atom. The van der Waals surface area contributed by atoms with Gasteiger partial charge in [0, 0.05) is 6.54 Å². The standard InChI is InChI=1S/C15H27N3O2/c1-12-7-5-6-8-15(12,19)14-13(20-4)11-16-18(14)10-9-17(2)3/h11-12,19H,5-10H2,1-4H3. The van der Waals surface area contributed by atoms with E-state index in [1.54, 1.807) is 13.3 Å². The Bertz CT molecular complexity index is 444. The van der Waals surface area contributed by atoms with Gasteiger partial charge in [0.1, 0.15) is 11.3 Å². The van der Waals surface area contributed by atoms with Gasteiger partial charge in [0.05, 0.1) is 19.9 Å². The number of ether oxygens (including phenoxy) is 1. The molecule has 1 aliphatic rings. The van der Waals surface area contributed by atoms with Crippen molar-refractivity contribution in [2.24, 2.45) is 5.92 Å². The largest absolute Gasteiger partial charge is 0.493 e. The van der Waals surface area contributed by atoms with Crippen LogP contribution in [0.3, 0.4) is 0 Å². The van der Waals surface area contributed by atoms with Crippen molar-refractivity contribution in [3.63, 3.8) is 0 Å². The summed E-state index contributed by atoms with van der Waals surface area (Å²) in [5.74, 6) is 0.944. The molecule has 5 heteroatoms. The van der Waals surface area contributed by atoms with E-state index < -0.39 is 5.60 Å². The van der Waals surface area contributed by atoms with E-state index in [0.29, 0.717) is 5.75 Å². The minimum absolute atomic E-state index is 0.236. The lowest BCUT2D eigenvalue weighted by molar-refractivity contribution is -0.0558. The molecule has 0 bridgehead atoms. The molecule has 1 N–H and O–H groups in total. The zero-order chi connectivity index (χ0) is 14.8. The van der Waals surface area contributed by atoms with Crippen molar-refractivity contribution in [2.75, 3.05) is 27.7 Å². The number of aliphatic hydroxyl groups is 1. The third-order valence-corrected chi connectivity index (χ3v) is 4.46. The highest BCUT2D eigenvalue weighted by molar-refractivity contribution is 5.32. The number of hydrogen-bond acceptors (Lipinski definition) is 4. The van der Waals surface area contributed by atoms with Crippen LogP contribution in [0.15, 0.2) is 6.20 Å². The highest BCUT2D eigenvalue weighted by Gasteiger charge is 2.42. The number of likely N-dealkylation sites (N-methyl/N-ethyl adjacent to an activating group) is 1. The topological polar surface area (TPSA) is 50.5 Å². The summed E-state index contributed by atoms with van der Waals surface area (Å²) in [5.41, 5.74) is 0.0425. The quantitative estimate of drug-likeness (QED) is 0.895. The molecule has 2 unspecified atom stereocenters. The lowest BCUT2D eigenvalue weighted by Crippen LogP contribution is -2.39. The van der Waals surface area contributed by atoms with Gasteiger partial charge in [-0.25, -0.2) is 0 Å². The molecular formula is C15H27N3O2. The summed E-state index contributed by atoms with van der Waals surface area (Å²) in [6, 6.07) is 0. The van der Waals surface area contributed by atoms with Crippen LogP contribution in [0.5, 0.6) is 5.75 Å². The molecule has 0 spiro atoms. The smallest absolute Gasteiger partial charge is 0.162 e. The average molecular weight is 281 g/mol. The van der Waals surface area contributed by atoms with E-state index in [9.17, 15) is 5.11 Å². The molecular weight excluding hydrogens is 254 g/mol. The summed E-state index contributed by atoms with van der Waals surface area (Å²) in [5, 5.41) is 15.6. The first-order valence-electron chi connectivity index (χ1n) is 7.46. The van der Waals surface area contributed by atoms with Crippen LogP contribution in [0.4, 0.5) is 0 Å². The minimum atomic E-state index is -0.813. The van der Waals surface area contributed by atoms with Crippen molar-refractivity contribution in [3.05, 3.63) is 11.9 Å². The van der Waals surface area contributed by atoms with Crippen molar-refractivity contribution in [1.29, 1.82) is 0 Å². The number of aromatic nitrogens is 2. The van der Waals surface area contributed by atoms with E-state index in [0.717, 1.165) is 38.0 Å². The SMILES string of the molecule is COc1cnn(CCN(C)C)c1C1(O)CCCCC1C. The highest BCUT2D eigenvalue weighted by atomic mass is 16.5. The fourth-order valence-corrected chi connectivity index (χ4v) is 3.10.